The minimum atomic E-state index is -1.23. The number of carbonyl (C=O) groups is 3. The number of nitro benzene ring substituents is 1. The summed E-state index contributed by atoms with van der Waals surface area (Å²) >= 11 is 4.31. The Morgan fingerprint density at radius 1 is 1.10 bits per heavy atom. The summed E-state index contributed by atoms with van der Waals surface area (Å²) in [5, 5.41) is 32.3. The third-order valence-electron chi connectivity index (χ3n) is 6.17. The minimum Gasteiger partial charge on any atom is -0.493 e. The van der Waals surface area contributed by atoms with Crippen molar-refractivity contribution in [1.29, 1.82) is 0 Å². The zero-order chi connectivity index (χ0) is 28.8. The Kier molecular flexibility index (Phi) is 9.22. The van der Waals surface area contributed by atoms with Crippen LogP contribution in [0, 0.1) is 16.0 Å². The normalized spacial score (nSPS) is 13.5. The number of ether oxygens (including phenoxy) is 2. The quantitative estimate of drug-likeness (QED) is 0.191. The third-order valence-corrected chi connectivity index (χ3v) is 8.40. The zero-order valence-electron chi connectivity index (χ0n) is 20.9. The first kappa shape index (κ1) is 28.8. The number of thiophene rings is 1. The average Bonchev–Trinajstić information content (AvgIpc) is 3.27. The number of hydrogen-bond acceptors (Lipinski definition) is 8. The highest BCUT2D eigenvalue weighted by molar-refractivity contribution is 9.10. The standard InChI is InChI=1S/C26H24BrN3O9S/c27-21-22(39-14-20(31)32)24(25(33)34)40-23(21)16-4-3-5-17(12-16)38-13-15-8-10-29(11-9-15)26(35)28-18-6-1-2-7-19(18)30(36)37/h1-7,12,15H,8-11,13-14H2,(H,28,35)(H,31,32)(H,33,34). The van der Waals surface area contributed by atoms with E-state index in [9.17, 15) is 29.6 Å². The molecule has 2 amide bonds. The van der Waals surface area contributed by atoms with Crippen LogP contribution in [0.1, 0.15) is 22.5 Å². The van der Waals surface area contributed by atoms with Gasteiger partial charge < -0.3 is 29.9 Å². The van der Waals surface area contributed by atoms with Crippen LogP contribution in [0.25, 0.3) is 10.4 Å². The van der Waals surface area contributed by atoms with E-state index in [1.165, 1.54) is 18.2 Å². The second-order valence-electron chi connectivity index (χ2n) is 8.86. The van der Waals surface area contributed by atoms with Crippen LogP contribution in [0.15, 0.2) is 53.0 Å². The number of carboxylic acid groups (broad SMARTS) is 2. The Balaban J connectivity index is 1.35. The summed E-state index contributed by atoms with van der Waals surface area (Å²) in [5.41, 5.74) is 0.652. The van der Waals surface area contributed by atoms with Gasteiger partial charge in [-0.1, -0.05) is 24.3 Å². The van der Waals surface area contributed by atoms with Gasteiger partial charge in [0.2, 0.25) is 0 Å². The number of urea groups is 1. The van der Waals surface area contributed by atoms with Crippen LogP contribution in [0.4, 0.5) is 16.2 Å². The molecule has 12 nitrogen and oxygen atoms in total. The summed E-state index contributed by atoms with van der Waals surface area (Å²) in [6.45, 7) is 0.673. The van der Waals surface area contributed by atoms with Gasteiger partial charge in [0.15, 0.2) is 17.2 Å². The lowest BCUT2D eigenvalue weighted by Gasteiger charge is -2.31. The molecular weight excluding hydrogens is 610 g/mol. The molecule has 1 saturated heterocycles. The fourth-order valence-electron chi connectivity index (χ4n) is 4.16. The number of halogens is 1. The van der Waals surface area contributed by atoms with Gasteiger partial charge >= 0.3 is 18.0 Å². The van der Waals surface area contributed by atoms with Gasteiger partial charge in [0.1, 0.15) is 11.4 Å². The van der Waals surface area contributed by atoms with Gasteiger partial charge in [0.05, 0.1) is 20.9 Å². The summed E-state index contributed by atoms with van der Waals surface area (Å²) in [6.07, 6.45) is 1.37. The molecule has 210 valence electrons. The lowest BCUT2D eigenvalue weighted by Crippen LogP contribution is -2.42. The molecule has 2 heterocycles. The maximum atomic E-state index is 12.7. The number of carbonyl (C=O) groups excluding carboxylic acids is 1. The number of rotatable bonds is 10. The molecule has 0 aliphatic carbocycles. The molecule has 0 atom stereocenters. The highest BCUT2D eigenvalue weighted by Gasteiger charge is 2.26. The summed E-state index contributed by atoms with van der Waals surface area (Å²) < 4.78 is 11.6. The summed E-state index contributed by atoms with van der Waals surface area (Å²) in [7, 11) is 0. The Bertz CT molecular complexity index is 1440. The SMILES string of the molecule is O=C(O)COc1c(C(=O)O)sc(-c2cccc(OCC3CCN(C(=O)Nc4ccccc4[N+](=O)[O-])CC3)c2)c1Br. The highest BCUT2D eigenvalue weighted by Crippen LogP contribution is 2.46. The number of anilines is 1. The molecule has 2 aromatic carbocycles. The average molecular weight is 634 g/mol. The molecule has 0 radical (unpaired) electrons. The van der Waals surface area contributed by atoms with Crippen molar-refractivity contribution in [3.05, 3.63) is 68.0 Å². The van der Waals surface area contributed by atoms with Crippen LogP contribution in [0.5, 0.6) is 11.5 Å². The number of para-hydroxylation sites is 2. The number of aliphatic carboxylic acids is 1. The van der Waals surface area contributed by atoms with Crippen molar-refractivity contribution in [3.8, 4) is 21.9 Å². The number of amides is 2. The molecule has 4 rings (SSSR count). The Morgan fingerprint density at radius 2 is 1.82 bits per heavy atom. The second kappa shape index (κ2) is 12.8. The van der Waals surface area contributed by atoms with Crippen molar-refractivity contribution in [2.75, 3.05) is 31.6 Å². The molecule has 1 aliphatic rings. The lowest BCUT2D eigenvalue weighted by atomic mass is 9.98. The predicted octanol–water partition coefficient (Wildman–Crippen LogP) is 5.57. The molecule has 0 spiro atoms. The van der Waals surface area contributed by atoms with Gasteiger partial charge in [-0.15, -0.1) is 11.3 Å². The molecule has 1 aliphatic heterocycles. The van der Waals surface area contributed by atoms with Crippen LogP contribution in [0.2, 0.25) is 0 Å². The van der Waals surface area contributed by atoms with Crippen molar-refractivity contribution in [1.82, 2.24) is 4.90 Å². The van der Waals surface area contributed by atoms with Crippen LogP contribution >= 0.6 is 27.3 Å². The smallest absolute Gasteiger partial charge is 0.349 e. The molecule has 40 heavy (non-hydrogen) atoms. The van der Waals surface area contributed by atoms with Crippen LogP contribution in [0.3, 0.4) is 0 Å². The van der Waals surface area contributed by atoms with Crippen molar-refractivity contribution in [2.45, 2.75) is 12.8 Å². The Hall–Kier alpha value is -4.17. The number of benzene rings is 2. The summed E-state index contributed by atoms with van der Waals surface area (Å²) in [4.78, 5) is 48.0. The third kappa shape index (κ3) is 6.87. The van der Waals surface area contributed by atoms with Gasteiger partial charge in [0.25, 0.3) is 5.69 Å². The number of nitro groups is 1. The molecule has 1 fully saturated rings. The Morgan fingerprint density at radius 3 is 2.50 bits per heavy atom. The summed E-state index contributed by atoms with van der Waals surface area (Å²) in [5.74, 6) is -1.75. The number of nitrogens with zero attached hydrogens (tertiary/aromatic N) is 2. The van der Waals surface area contributed by atoms with Gasteiger partial charge in [-0.2, -0.15) is 0 Å². The second-order valence-corrected chi connectivity index (χ2v) is 10.7. The van der Waals surface area contributed by atoms with Gasteiger partial charge in [-0.05, 0) is 58.5 Å². The van der Waals surface area contributed by atoms with E-state index >= 15 is 0 Å². The Labute approximate surface area is 240 Å². The lowest BCUT2D eigenvalue weighted by molar-refractivity contribution is -0.383. The minimum absolute atomic E-state index is 0.0427. The number of aromatic carboxylic acids is 1. The summed E-state index contributed by atoms with van der Waals surface area (Å²) in [6, 6.07) is 12.7. The first-order valence-corrected chi connectivity index (χ1v) is 13.7. The monoisotopic (exact) mass is 633 g/mol. The van der Waals surface area contributed by atoms with Crippen molar-refractivity contribution in [3.63, 3.8) is 0 Å². The highest BCUT2D eigenvalue weighted by atomic mass is 79.9. The molecule has 0 bridgehead atoms. The maximum absolute atomic E-state index is 12.7. The maximum Gasteiger partial charge on any atom is 0.349 e. The van der Waals surface area contributed by atoms with E-state index in [-0.39, 0.29) is 27.9 Å². The fourth-order valence-corrected chi connectivity index (χ4v) is 6.05. The van der Waals surface area contributed by atoms with E-state index < -0.39 is 29.5 Å². The van der Waals surface area contributed by atoms with E-state index in [2.05, 4.69) is 21.2 Å². The van der Waals surface area contributed by atoms with Gasteiger partial charge in [-0.25, -0.2) is 14.4 Å². The zero-order valence-corrected chi connectivity index (χ0v) is 23.3. The van der Waals surface area contributed by atoms with Crippen LogP contribution in [-0.2, 0) is 4.79 Å². The number of piperidine rings is 1. The molecule has 3 aromatic rings. The van der Waals surface area contributed by atoms with Gasteiger partial charge in [0, 0.05) is 19.2 Å². The first-order chi connectivity index (χ1) is 19.1. The molecule has 0 saturated carbocycles. The number of nitrogens with one attached hydrogen (secondary N) is 1. The van der Waals surface area contributed by atoms with E-state index in [1.54, 1.807) is 35.2 Å². The van der Waals surface area contributed by atoms with E-state index in [1.807, 2.05) is 0 Å². The van der Waals surface area contributed by atoms with E-state index in [0.29, 0.717) is 53.2 Å². The van der Waals surface area contributed by atoms with Crippen molar-refractivity contribution >= 4 is 56.6 Å². The number of hydrogen-bond donors (Lipinski definition) is 3. The molecular formula is C26H24BrN3O9S. The topological polar surface area (TPSA) is 169 Å². The number of likely N-dealkylation sites (tertiary alicyclic amines) is 1. The first-order valence-electron chi connectivity index (χ1n) is 12.1. The van der Waals surface area contributed by atoms with Gasteiger partial charge in [-0.3, -0.25) is 10.1 Å². The number of carboxylic acids is 2. The molecule has 14 heteroatoms. The van der Waals surface area contributed by atoms with E-state index in [4.69, 9.17) is 14.6 Å². The molecule has 0 unspecified atom stereocenters. The predicted molar refractivity (Wildman–Crippen MR) is 149 cm³/mol. The molecule has 1 aromatic heterocycles. The molecule has 3 N–H and O–H groups in total. The van der Waals surface area contributed by atoms with Crippen LogP contribution < -0.4 is 14.8 Å². The van der Waals surface area contributed by atoms with Crippen molar-refractivity contribution in [2.24, 2.45) is 5.92 Å². The van der Waals surface area contributed by atoms with Crippen LogP contribution in [-0.4, -0.2) is 64.3 Å². The fraction of sp³-hybridized carbons (Fsp3) is 0.269. The van der Waals surface area contributed by atoms with E-state index in [0.717, 1.165) is 11.3 Å². The largest absolute Gasteiger partial charge is 0.493 e. The van der Waals surface area contributed by atoms with Crippen molar-refractivity contribution < 1.29 is 39.0 Å².